The summed E-state index contributed by atoms with van der Waals surface area (Å²) in [6, 6.07) is 6.00. The number of nitrogens with zero attached hydrogens (tertiary/aromatic N) is 1. The number of aryl methyl sites for hydroxylation is 1. The average Bonchev–Trinajstić information content (AvgIpc) is 3.21. The predicted molar refractivity (Wildman–Crippen MR) is 73.1 cm³/mol. The Hall–Kier alpha value is -1.81. The number of rotatable bonds is 3. The Bertz CT molecular complexity index is 677. The van der Waals surface area contributed by atoms with Crippen LogP contribution in [0.25, 0.3) is 0 Å². The van der Waals surface area contributed by atoms with E-state index in [0.717, 1.165) is 16.9 Å². The third kappa shape index (κ3) is 2.36. The zero-order chi connectivity index (χ0) is 13.4. The van der Waals surface area contributed by atoms with Gasteiger partial charge in [0, 0.05) is 6.20 Å². The molecule has 1 aliphatic rings. The van der Waals surface area contributed by atoms with Crippen molar-refractivity contribution in [2.45, 2.75) is 25.7 Å². The molecule has 0 aliphatic heterocycles. The third-order valence-electron chi connectivity index (χ3n) is 3.23. The highest BCUT2D eigenvalue weighted by Gasteiger charge is 2.28. The number of H-pyrrole nitrogens is 1. The van der Waals surface area contributed by atoms with E-state index >= 15 is 0 Å². The first-order chi connectivity index (χ1) is 9.16. The molecule has 1 N–H and O–H groups in total. The van der Waals surface area contributed by atoms with Crippen molar-refractivity contribution in [3.05, 3.63) is 50.8 Å². The molecule has 1 saturated carbocycles. The minimum Gasteiger partial charge on any atom is -0.434 e. The van der Waals surface area contributed by atoms with Crippen molar-refractivity contribution in [3.63, 3.8) is 0 Å². The minimum atomic E-state index is -0.398. The van der Waals surface area contributed by atoms with Crippen molar-refractivity contribution in [2.24, 2.45) is 0 Å². The molecule has 0 unspecified atom stereocenters. The van der Waals surface area contributed by atoms with Crippen molar-refractivity contribution >= 4 is 11.6 Å². The molecule has 0 spiro atoms. The zero-order valence-electron chi connectivity index (χ0n) is 10.4. The molecule has 0 amide bonds. The summed E-state index contributed by atoms with van der Waals surface area (Å²) in [6.45, 7) is 1.96. The highest BCUT2D eigenvalue weighted by molar-refractivity contribution is 6.30. The highest BCUT2D eigenvalue weighted by atomic mass is 35.5. The fourth-order valence-electron chi connectivity index (χ4n) is 2.06. The smallest absolute Gasteiger partial charge is 0.286 e. The van der Waals surface area contributed by atoms with Crippen LogP contribution in [0.4, 0.5) is 0 Å². The number of halogens is 1. The third-order valence-corrected chi connectivity index (χ3v) is 3.51. The summed E-state index contributed by atoms with van der Waals surface area (Å²) < 4.78 is 5.71. The standard InChI is InChI=1S/C14H13ClN2O2/c1-8-3-2-4-10(9-5-6-9)13(8)19-14-12(18)11(15)7-16-17-14/h2-4,7,9H,5-6H2,1H3,(H,16,18). The van der Waals surface area contributed by atoms with Gasteiger partial charge in [0.1, 0.15) is 10.8 Å². The Kier molecular flexibility index (Phi) is 3.03. The van der Waals surface area contributed by atoms with Gasteiger partial charge in [-0.3, -0.25) is 9.89 Å². The van der Waals surface area contributed by atoms with Crippen molar-refractivity contribution in [1.82, 2.24) is 10.2 Å². The Balaban J connectivity index is 2.03. The normalized spacial score (nSPS) is 14.4. The molecular weight excluding hydrogens is 264 g/mol. The van der Waals surface area contributed by atoms with Crippen LogP contribution in [0.2, 0.25) is 5.02 Å². The maximum Gasteiger partial charge on any atom is 0.286 e. The molecule has 1 aromatic heterocycles. The largest absolute Gasteiger partial charge is 0.434 e. The van der Waals surface area contributed by atoms with Gasteiger partial charge in [-0.05, 0) is 36.8 Å². The molecule has 5 heteroatoms. The van der Waals surface area contributed by atoms with Crippen LogP contribution in [-0.4, -0.2) is 10.2 Å². The van der Waals surface area contributed by atoms with Crippen molar-refractivity contribution in [1.29, 1.82) is 0 Å². The molecule has 0 bridgehead atoms. The molecule has 2 aromatic rings. The average molecular weight is 277 g/mol. The molecule has 1 fully saturated rings. The van der Waals surface area contributed by atoms with E-state index < -0.39 is 5.43 Å². The monoisotopic (exact) mass is 276 g/mol. The van der Waals surface area contributed by atoms with Crippen LogP contribution < -0.4 is 10.2 Å². The molecule has 1 heterocycles. The van der Waals surface area contributed by atoms with E-state index in [4.69, 9.17) is 16.3 Å². The molecule has 19 heavy (non-hydrogen) atoms. The lowest BCUT2D eigenvalue weighted by Crippen LogP contribution is -2.09. The SMILES string of the molecule is Cc1cccc(C2CC2)c1Oc1n[nH]cc(Cl)c1=O. The summed E-state index contributed by atoms with van der Waals surface area (Å²) in [4.78, 5) is 11.8. The number of benzene rings is 1. The molecule has 3 rings (SSSR count). The van der Waals surface area contributed by atoms with Crippen LogP contribution >= 0.6 is 11.6 Å². The van der Waals surface area contributed by atoms with Crippen LogP contribution in [0.15, 0.2) is 29.2 Å². The zero-order valence-corrected chi connectivity index (χ0v) is 11.2. The fourth-order valence-corrected chi connectivity index (χ4v) is 2.19. The van der Waals surface area contributed by atoms with Crippen LogP contribution in [0.3, 0.4) is 0 Å². The number of nitrogens with one attached hydrogen (secondary N) is 1. The van der Waals surface area contributed by atoms with E-state index in [9.17, 15) is 4.79 Å². The molecule has 98 valence electrons. The quantitative estimate of drug-likeness (QED) is 0.935. The first kappa shape index (κ1) is 12.2. The number of aromatic nitrogens is 2. The van der Waals surface area contributed by atoms with Crippen LogP contribution in [0.5, 0.6) is 11.6 Å². The van der Waals surface area contributed by atoms with E-state index in [-0.39, 0.29) is 10.9 Å². The molecule has 4 nitrogen and oxygen atoms in total. The summed E-state index contributed by atoms with van der Waals surface area (Å²) in [5.74, 6) is 1.25. The maximum atomic E-state index is 11.8. The number of hydrogen-bond acceptors (Lipinski definition) is 3. The Labute approximate surface area is 115 Å². The first-order valence-electron chi connectivity index (χ1n) is 6.18. The lowest BCUT2D eigenvalue weighted by molar-refractivity contribution is 0.441. The highest BCUT2D eigenvalue weighted by Crippen LogP contribution is 2.45. The molecule has 0 radical (unpaired) electrons. The summed E-state index contributed by atoms with van der Waals surface area (Å²) in [5.41, 5.74) is 1.73. The summed E-state index contributed by atoms with van der Waals surface area (Å²) in [5, 5.41) is 6.49. The van der Waals surface area contributed by atoms with Gasteiger partial charge in [0.15, 0.2) is 0 Å². The van der Waals surface area contributed by atoms with Gasteiger partial charge in [-0.2, -0.15) is 0 Å². The Morgan fingerprint density at radius 3 is 2.95 bits per heavy atom. The second-order valence-electron chi connectivity index (χ2n) is 4.74. The fraction of sp³-hybridized carbons (Fsp3) is 0.286. The number of aromatic amines is 1. The van der Waals surface area contributed by atoms with Crippen LogP contribution in [-0.2, 0) is 0 Å². The van der Waals surface area contributed by atoms with Crippen molar-refractivity contribution < 1.29 is 4.74 Å². The van der Waals surface area contributed by atoms with Gasteiger partial charge in [-0.15, -0.1) is 5.10 Å². The van der Waals surface area contributed by atoms with Gasteiger partial charge < -0.3 is 4.74 Å². The van der Waals surface area contributed by atoms with E-state index in [0.29, 0.717) is 5.92 Å². The van der Waals surface area contributed by atoms with Gasteiger partial charge in [-0.1, -0.05) is 29.8 Å². The van der Waals surface area contributed by atoms with Crippen molar-refractivity contribution in [3.8, 4) is 11.6 Å². The first-order valence-corrected chi connectivity index (χ1v) is 6.55. The molecule has 0 atom stereocenters. The molecule has 1 aromatic carbocycles. The topological polar surface area (TPSA) is 55.0 Å². The van der Waals surface area contributed by atoms with Gasteiger partial charge in [0.05, 0.1) is 0 Å². The second-order valence-corrected chi connectivity index (χ2v) is 5.14. The Morgan fingerprint density at radius 2 is 2.21 bits per heavy atom. The second kappa shape index (κ2) is 4.70. The molecule has 0 saturated heterocycles. The lowest BCUT2D eigenvalue weighted by Gasteiger charge is -2.12. The Morgan fingerprint density at radius 1 is 1.42 bits per heavy atom. The maximum absolute atomic E-state index is 11.8. The molecular formula is C14H13ClN2O2. The van der Waals surface area contributed by atoms with E-state index in [2.05, 4.69) is 10.2 Å². The number of hydrogen-bond donors (Lipinski definition) is 1. The van der Waals surface area contributed by atoms with E-state index in [1.54, 1.807) is 0 Å². The van der Waals surface area contributed by atoms with E-state index in [1.807, 2.05) is 25.1 Å². The number of ether oxygens (including phenoxy) is 1. The van der Waals surface area contributed by atoms with Gasteiger partial charge >= 0.3 is 0 Å². The van der Waals surface area contributed by atoms with E-state index in [1.165, 1.54) is 19.0 Å². The van der Waals surface area contributed by atoms with Crippen LogP contribution in [0, 0.1) is 6.92 Å². The summed E-state index contributed by atoms with van der Waals surface area (Å²) in [6.07, 6.45) is 3.68. The molecule has 1 aliphatic carbocycles. The minimum absolute atomic E-state index is 0.0105. The predicted octanol–water partition coefficient (Wildman–Crippen LogP) is 3.40. The lowest BCUT2D eigenvalue weighted by atomic mass is 10.1. The summed E-state index contributed by atoms with van der Waals surface area (Å²) in [7, 11) is 0. The van der Waals surface area contributed by atoms with Gasteiger partial charge in [-0.25, -0.2) is 0 Å². The number of para-hydroxylation sites is 1. The van der Waals surface area contributed by atoms with Gasteiger partial charge in [0.2, 0.25) is 0 Å². The summed E-state index contributed by atoms with van der Waals surface area (Å²) >= 11 is 5.77. The van der Waals surface area contributed by atoms with Crippen molar-refractivity contribution in [2.75, 3.05) is 0 Å². The van der Waals surface area contributed by atoms with Gasteiger partial charge in [0.25, 0.3) is 11.3 Å². The van der Waals surface area contributed by atoms with Crippen LogP contribution in [0.1, 0.15) is 29.9 Å².